The predicted octanol–water partition coefficient (Wildman–Crippen LogP) is 10.7. The molecule has 2 aliphatic rings. The van der Waals surface area contributed by atoms with E-state index in [1.165, 1.54) is 77.0 Å². The highest BCUT2D eigenvalue weighted by molar-refractivity contribution is 5.90. The Hall–Kier alpha value is -1.55. The monoisotopic (exact) mass is 761 g/mol. The minimum absolute atomic E-state index is 0.0762. The highest BCUT2D eigenvalue weighted by atomic mass is 16.7. The lowest BCUT2D eigenvalue weighted by Crippen LogP contribution is -2.58. The van der Waals surface area contributed by atoms with E-state index >= 15 is 0 Å². The predicted molar refractivity (Wildman–Crippen MR) is 218 cm³/mol. The number of hydrogen-bond donors (Lipinski definition) is 2. The first-order valence-corrected chi connectivity index (χ1v) is 21.4. The summed E-state index contributed by atoms with van der Waals surface area (Å²) in [5.41, 5.74) is 0.882. The van der Waals surface area contributed by atoms with Gasteiger partial charge in [0.1, 0.15) is 0 Å². The van der Waals surface area contributed by atoms with Crippen LogP contribution in [0.4, 0.5) is 0 Å². The summed E-state index contributed by atoms with van der Waals surface area (Å²) >= 11 is 0. The molecule has 0 bridgehead atoms. The summed E-state index contributed by atoms with van der Waals surface area (Å²) in [5, 5.41) is 20.4. The van der Waals surface area contributed by atoms with E-state index in [1.807, 2.05) is 39.8 Å². The molecule has 2 atom stereocenters. The number of benzene rings is 1. The van der Waals surface area contributed by atoms with Gasteiger partial charge in [0.2, 0.25) is 0 Å². The Kier molecular flexibility index (Phi) is 18.0. The van der Waals surface area contributed by atoms with E-state index in [-0.39, 0.29) is 30.0 Å². The highest BCUT2D eigenvalue weighted by Gasteiger charge is 2.55. The zero-order chi connectivity index (χ0) is 40.2. The minimum Gasteiger partial charge on any atom is -0.462 e. The zero-order valence-corrected chi connectivity index (χ0v) is 36.4. The van der Waals surface area contributed by atoms with Crippen molar-refractivity contribution in [1.29, 1.82) is 0 Å². The number of carbonyl (C=O) groups is 1. The standard InChI is InChI=1S/C46H80O8/c1-12-13-14-15-16-17-18-19-20-21-22-23-24-25-26-50-39(49)34-27-35(42(2,3)4)37(36(28-34)43(5,6)7)38-46(33-53-41(54-38)45(10,11)30-48)31-51-40(52-32-46)44(8,9)29-47/h27-28,38,40-41,47-48H,12-26,29-33H2,1-11H3. The molecule has 1 aromatic carbocycles. The number of carbonyl (C=O) groups excluding carboxylic acids is 1. The molecule has 1 spiro atoms. The Morgan fingerprint density at radius 1 is 0.648 bits per heavy atom. The molecule has 2 saturated heterocycles. The van der Waals surface area contributed by atoms with E-state index in [4.69, 9.17) is 23.7 Å². The molecule has 0 amide bonds. The van der Waals surface area contributed by atoms with Crippen LogP contribution < -0.4 is 0 Å². The maximum absolute atomic E-state index is 13.7. The minimum atomic E-state index is -0.708. The first-order chi connectivity index (χ1) is 25.3. The Morgan fingerprint density at radius 3 is 1.44 bits per heavy atom. The number of hydrogen-bond acceptors (Lipinski definition) is 8. The van der Waals surface area contributed by atoms with Crippen molar-refractivity contribution >= 4 is 5.97 Å². The smallest absolute Gasteiger partial charge is 0.338 e. The second kappa shape index (κ2) is 20.7. The summed E-state index contributed by atoms with van der Waals surface area (Å²) in [5.74, 6) is -0.299. The second-order valence-electron chi connectivity index (χ2n) is 20.0. The molecule has 0 radical (unpaired) electrons. The van der Waals surface area contributed by atoms with E-state index in [0.717, 1.165) is 29.5 Å². The van der Waals surface area contributed by atoms with E-state index < -0.39 is 34.9 Å². The first kappa shape index (κ1) is 46.8. The molecule has 0 aliphatic carbocycles. The number of unbranched alkanes of at least 4 members (excludes halogenated alkanes) is 13. The number of aliphatic hydroxyl groups excluding tert-OH is 2. The zero-order valence-electron chi connectivity index (χ0n) is 36.4. The quantitative estimate of drug-likeness (QED) is 0.0943. The van der Waals surface area contributed by atoms with Crippen molar-refractivity contribution in [3.8, 4) is 0 Å². The van der Waals surface area contributed by atoms with E-state index in [1.54, 1.807) is 0 Å². The highest BCUT2D eigenvalue weighted by Crippen LogP contribution is 2.53. The third-order valence-electron chi connectivity index (χ3n) is 11.5. The van der Waals surface area contributed by atoms with Gasteiger partial charge >= 0.3 is 5.97 Å². The van der Waals surface area contributed by atoms with Crippen molar-refractivity contribution in [2.75, 3.05) is 39.6 Å². The molecule has 2 aliphatic heterocycles. The average Bonchev–Trinajstić information content (AvgIpc) is 3.12. The lowest BCUT2D eigenvalue weighted by Gasteiger charge is -2.53. The van der Waals surface area contributed by atoms with Crippen LogP contribution in [0.5, 0.6) is 0 Å². The van der Waals surface area contributed by atoms with Gasteiger partial charge in [-0.3, -0.25) is 0 Å². The van der Waals surface area contributed by atoms with Crippen LogP contribution in [0, 0.1) is 16.2 Å². The largest absolute Gasteiger partial charge is 0.462 e. The van der Waals surface area contributed by atoms with Crippen molar-refractivity contribution in [1.82, 2.24) is 0 Å². The molecule has 3 rings (SSSR count). The van der Waals surface area contributed by atoms with Gasteiger partial charge in [-0.1, -0.05) is 160 Å². The van der Waals surface area contributed by atoms with Gasteiger partial charge in [0.05, 0.1) is 56.7 Å². The Labute approximate surface area is 329 Å². The molecular formula is C46H80O8. The number of ether oxygens (including phenoxy) is 5. The summed E-state index contributed by atoms with van der Waals surface area (Å²) in [6.45, 7) is 24.1. The van der Waals surface area contributed by atoms with Gasteiger partial charge in [0, 0.05) is 10.8 Å². The van der Waals surface area contributed by atoms with E-state index in [9.17, 15) is 15.0 Å². The third kappa shape index (κ3) is 13.0. The Balaban J connectivity index is 1.77. The fraction of sp³-hybridized carbons (Fsp3) is 0.848. The fourth-order valence-electron chi connectivity index (χ4n) is 7.66. The average molecular weight is 761 g/mol. The molecule has 0 saturated carbocycles. The molecule has 54 heavy (non-hydrogen) atoms. The summed E-state index contributed by atoms with van der Waals surface area (Å²) in [7, 11) is 0. The molecule has 2 heterocycles. The molecule has 0 aromatic heterocycles. The van der Waals surface area contributed by atoms with Crippen molar-refractivity contribution in [2.45, 2.75) is 196 Å². The Morgan fingerprint density at radius 2 is 1.04 bits per heavy atom. The SMILES string of the molecule is CCCCCCCCCCCCCCCCOC(=O)c1cc(C(C)(C)C)c(C2OC(C(C)(C)CO)OCC23COC(C(C)(C)CO)OC3)c(C(C)(C)C)c1. The van der Waals surface area contributed by atoms with Crippen LogP contribution >= 0.6 is 0 Å². The summed E-state index contributed by atoms with van der Waals surface area (Å²) in [6, 6.07) is 4.00. The second-order valence-corrected chi connectivity index (χ2v) is 20.0. The number of aliphatic hydroxyl groups is 2. The molecule has 2 N–H and O–H groups in total. The lowest BCUT2D eigenvalue weighted by atomic mass is 9.68. The first-order valence-electron chi connectivity index (χ1n) is 21.4. The van der Waals surface area contributed by atoms with Gasteiger partial charge in [-0.05, 0) is 46.1 Å². The van der Waals surface area contributed by atoms with Crippen molar-refractivity contribution in [2.24, 2.45) is 16.2 Å². The molecule has 2 unspecified atom stereocenters. The molecule has 8 heteroatoms. The fourth-order valence-corrected chi connectivity index (χ4v) is 7.66. The van der Waals surface area contributed by atoms with Gasteiger partial charge in [0.25, 0.3) is 0 Å². The summed E-state index contributed by atoms with van der Waals surface area (Å²) in [6.07, 6.45) is 16.2. The van der Waals surface area contributed by atoms with Crippen molar-refractivity contribution < 1.29 is 38.7 Å². The van der Waals surface area contributed by atoms with Crippen LogP contribution in [0.15, 0.2) is 12.1 Å². The topological polar surface area (TPSA) is 104 Å². The van der Waals surface area contributed by atoms with Gasteiger partial charge in [-0.15, -0.1) is 0 Å². The summed E-state index contributed by atoms with van der Waals surface area (Å²) < 4.78 is 32.1. The maximum atomic E-state index is 13.7. The number of rotatable bonds is 21. The molecule has 2 fully saturated rings. The van der Waals surface area contributed by atoms with Crippen molar-refractivity contribution in [3.05, 3.63) is 34.4 Å². The van der Waals surface area contributed by atoms with Crippen LogP contribution in [-0.4, -0.2) is 68.4 Å². The van der Waals surface area contributed by atoms with Crippen LogP contribution in [0.25, 0.3) is 0 Å². The normalized spacial score (nSPS) is 22.9. The van der Waals surface area contributed by atoms with Crippen LogP contribution in [0.3, 0.4) is 0 Å². The molecule has 8 nitrogen and oxygen atoms in total. The molecule has 1 aromatic rings. The maximum Gasteiger partial charge on any atom is 0.338 e. The van der Waals surface area contributed by atoms with Gasteiger partial charge < -0.3 is 33.9 Å². The summed E-state index contributed by atoms with van der Waals surface area (Å²) in [4.78, 5) is 13.7. The lowest BCUT2D eigenvalue weighted by molar-refractivity contribution is -0.362. The van der Waals surface area contributed by atoms with Crippen LogP contribution in [0.2, 0.25) is 0 Å². The molecule has 312 valence electrons. The molecular weight excluding hydrogens is 680 g/mol. The van der Waals surface area contributed by atoms with Gasteiger partial charge in [-0.2, -0.15) is 0 Å². The number of esters is 1. The van der Waals surface area contributed by atoms with Crippen molar-refractivity contribution in [3.63, 3.8) is 0 Å². The van der Waals surface area contributed by atoms with Gasteiger partial charge in [0.15, 0.2) is 12.6 Å². The van der Waals surface area contributed by atoms with Crippen LogP contribution in [-0.2, 0) is 34.5 Å². The third-order valence-corrected chi connectivity index (χ3v) is 11.5. The van der Waals surface area contributed by atoms with Gasteiger partial charge in [-0.25, -0.2) is 4.79 Å². The Bertz CT molecular complexity index is 1220. The van der Waals surface area contributed by atoms with E-state index in [2.05, 4.69) is 48.5 Å². The van der Waals surface area contributed by atoms with Crippen LogP contribution in [0.1, 0.15) is 199 Å². The van der Waals surface area contributed by atoms with E-state index in [0.29, 0.717) is 32.0 Å².